The van der Waals surface area contributed by atoms with Crippen LogP contribution in [0.5, 0.6) is 0 Å². The smallest absolute Gasteiger partial charge is 0.191 e. The monoisotopic (exact) mass is 356 g/mol. The molecule has 2 aliphatic rings. The third kappa shape index (κ3) is 5.53. The summed E-state index contributed by atoms with van der Waals surface area (Å²) in [6.07, 6.45) is 5.34. The van der Waals surface area contributed by atoms with E-state index in [1.54, 1.807) is 7.11 Å². The Balaban J connectivity index is 1.98. The molecule has 0 aromatic carbocycles. The first-order valence-corrected chi connectivity index (χ1v) is 10.6. The quantitative estimate of drug-likeness (QED) is 0.542. The van der Waals surface area contributed by atoms with Gasteiger partial charge in [-0.3, -0.25) is 9.89 Å². The Hall–Kier alpha value is -0.460. The molecule has 0 bridgehead atoms. The molecule has 6 heteroatoms. The van der Waals surface area contributed by atoms with Crippen molar-refractivity contribution >= 4 is 17.7 Å². The second kappa shape index (κ2) is 9.30. The maximum Gasteiger partial charge on any atom is 0.191 e. The van der Waals surface area contributed by atoms with Gasteiger partial charge in [0.05, 0.1) is 12.1 Å². The topological polar surface area (TPSA) is 48.9 Å². The van der Waals surface area contributed by atoms with E-state index >= 15 is 0 Å². The number of thioether (sulfide) groups is 1. The zero-order valence-corrected chi connectivity index (χ0v) is 16.8. The van der Waals surface area contributed by atoms with E-state index in [4.69, 9.17) is 9.73 Å². The van der Waals surface area contributed by atoms with Crippen LogP contribution in [0.2, 0.25) is 0 Å². The summed E-state index contributed by atoms with van der Waals surface area (Å²) < 4.78 is 5.49. The largest absolute Gasteiger partial charge is 0.377 e. The maximum absolute atomic E-state index is 5.49. The highest BCUT2D eigenvalue weighted by Gasteiger charge is 2.40. The number of rotatable bonds is 7. The van der Waals surface area contributed by atoms with Gasteiger partial charge in [-0.1, -0.05) is 12.8 Å². The molecule has 2 fully saturated rings. The Morgan fingerprint density at radius 3 is 2.46 bits per heavy atom. The normalized spacial score (nSPS) is 22.6. The fraction of sp³-hybridized carbons (Fsp3) is 0.944. The van der Waals surface area contributed by atoms with E-state index in [2.05, 4.69) is 48.1 Å². The molecule has 1 aliphatic heterocycles. The van der Waals surface area contributed by atoms with Crippen molar-refractivity contribution in [3.8, 4) is 0 Å². The van der Waals surface area contributed by atoms with Crippen LogP contribution in [0.15, 0.2) is 4.99 Å². The second-order valence-electron chi connectivity index (χ2n) is 7.54. The summed E-state index contributed by atoms with van der Waals surface area (Å²) in [6.45, 7) is 11.3. The SMILES string of the molecule is CCNC(=NCC(C)(C)OC)NCC1(N2CCSCC2)CCCC1. The third-order valence-electron chi connectivity index (χ3n) is 5.32. The van der Waals surface area contributed by atoms with E-state index in [0.29, 0.717) is 12.1 Å². The number of aliphatic imine (C=N–C) groups is 1. The molecule has 24 heavy (non-hydrogen) atoms. The lowest BCUT2D eigenvalue weighted by atomic mass is 9.94. The molecule has 140 valence electrons. The molecule has 0 aromatic heterocycles. The van der Waals surface area contributed by atoms with Gasteiger partial charge in [0.15, 0.2) is 5.96 Å². The average molecular weight is 357 g/mol. The van der Waals surface area contributed by atoms with Gasteiger partial charge in [-0.2, -0.15) is 11.8 Å². The Bertz CT molecular complexity index is 402. The Kier molecular flexibility index (Phi) is 7.69. The predicted octanol–water partition coefficient (Wildman–Crippen LogP) is 2.33. The third-order valence-corrected chi connectivity index (χ3v) is 6.26. The van der Waals surface area contributed by atoms with Crippen LogP contribution in [0, 0.1) is 0 Å². The fourth-order valence-corrected chi connectivity index (χ4v) is 4.50. The molecule has 0 unspecified atom stereocenters. The van der Waals surface area contributed by atoms with Crippen LogP contribution in [0.25, 0.3) is 0 Å². The van der Waals surface area contributed by atoms with Crippen molar-refractivity contribution in [2.45, 2.75) is 57.6 Å². The Labute approximate surface area is 152 Å². The van der Waals surface area contributed by atoms with E-state index in [1.807, 2.05) is 0 Å². The molecule has 0 spiro atoms. The summed E-state index contributed by atoms with van der Waals surface area (Å²) >= 11 is 2.09. The van der Waals surface area contributed by atoms with Crippen LogP contribution in [0.4, 0.5) is 0 Å². The molecule has 1 aliphatic carbocycles. The maximum atomic E-state index is 5.49. The standard InChI is InChI=1S/C18H36N4OS/c1-5-19-16(20-14-17(2,3)23-4)21-15-18(8-6-7-9-18)22-10-12-24-13-11-22/h5-15H2,1-4H3,(H2,19,20,21). The van der Waals surface area contributed by atoms with E-state index < -0.39 is 0 Å². The van der Waals surface area contributed by atoms with Gasteiger partial charge in [0, 0.05) is 50.3 Å². The highest BCUT2D eigenvalue weighted by Crippen LogP contribution is 2.36. The summed E-state index contributed by atoms with van der Waals surface area (Å²) in [6, 6.07) is 0. The van der Waals surface area contributed by atoms with E-state index in [0.717, 1.165) is 19.0 Å². The number of hydrogen-bond donors (Lipinski definition) is 2. The molecular formula is C18H36N4OS. The van der Waals surface area contributed by atoms with Gasteiger partial charge < -0.3 is 15.4 Å². The van der Waals surface area contributed by atoms with E-state index in [9.17, 15) is 0 Å². The Morgan fingerprint density at radius 1 is 1.21 bits per heavy atom. The van der Waals surface area contributed by atoms with Crippen molar-refractivity contribution in [3.05, 3.63) is 0 Å². The van der Waals surface area contributed by atoms with Crippen LogP contribution in [-0.4, -0.2) is 73.3 Å². The minimum absolute atomic E-state index is 0.225. The average Bonchev–Trinajstić information content (AvgIpc) is 3.08. The van der Waals surface area contributed by atoms with Crippen LogP contribution in [0.3, 0.4) is 0 Å². The summed E-state index contributed by atoms with van der Waals surface area (Å²) in [4.78, 5) is 7.48. The minimum atomic E-state index is -0.225. The Morgan fingerprint density at radius 2 is 1.88 bits per heavy atom. The molecule has 2 rings (SSSR count). The minimum Gasteiger partial charge on any atom is -0.377 e. The summed E-state index contributed by atoms with van der Waals surface area (Å²) in [5, 5.41) is 7.02. The number of nitrogens with zero attached hydrogens (tertiary/aromatic N) is 2. The molecule has 2 N–H and O–H groups in total. The van der Waals surface area contributed by atoms with Crippen LogP contribution >= 0.6 is 11.8 Å². The van der Waals surface area contributed by atoms with Crippen molar-refractivity contribution in [1.29, 1.82) is 0 Å². The predicted molar refractivity (Wildman–Crippen MR) is 105 cm³/mol. The van der Waals surface area contributed by atoms with E-state index in [1.165, 1.54) is 50.3 Å². The molecule has 1 saturated carbocycles. The molecule has 1 saturated heterocycles. The molecule has 0 amide bonds. The lowest BCUT2D eigenvalue weighted by Crippen LogP contribution is -2.57. The first kappa shape index (κ1) is 19.9. The fourth-order valence-electron chi connectivity index (χ4n) is 3.60. The number of nitrogens with one attached hydrogen (secondary N) is 2. The van der Waals surface area contributed by atoms with Crippen molar-refractivity contribution in [2.75, 3.05) is 51.3 Å². The molecular weight excluding hydrogens is 320 g/mol. The molecule has 0 atom stereocenters. The number of ether oxygens (including phenoxy) is 1. The lowest BCUT2D eigenvalue weighted by molar-refractivity contribution is 0.0310. The van der Waals surface area contributed by atoms with Gasteiger partial charge in [0.1, 0.15) is 0 Å². The molecule has 1 heterocycles. The summed E-state index contributed by atoms with van der Waals surface area (Å²) in [5.41, 5.74) is 0.103. The highest BCUT2D eigenvalue weighted by molar-refractivity contribution is 7.99. The summed E-state index contributed by atoms with van der Waals surface area (Å²) in [7, 11) is 1.75. The molecule has 0 aromatic rings. The molecule has 5 nitrogen and oxygen atoms in total. The van der Waals surface area contributed by atoms with Gasteiger partial charge >= 0.3 is 0 Å². The van der Waals surface area contributed by atoms with Gasteiger partial charge in [0.2, 0.25) is 0 Å². The number of methoxy groups -OCH3 is 1. The van der Waals surface area contributed by atoms with E-state index in [-0.39, 0.29) is 5.60 Å². The van der Waals surface area contributed by atoms with Gasteiger partial charge in [-0.15, -0.1) is 0 Å². The highest BCUT2D eigenvalue weighted by atomic mass is 32.2. The van der Waals surface area contributed by atoms with Crippen LogP contribution < -0.4 is 10.6 Å². The van der Waals surface area contributed by atoms with Gasteiger partial charge in [-0.05, 0) is 33.6 Å². The lowest BCUT2D eigenvalue weighted by Gasteiger charge is -2.43. The zero-order chi connectivity index (χ0) is 17.5. The second-order valence-corrected chi connectivity index (χ2v) is 8.77. The van der Waals surface area contributed by atoms with Crippen molar-refractivity contribution in [3.63, 3.8) is 0 Å². The molecule has 0 radical (unpaired) electrons. The number of guanidine groups is 1. The van der Waals surface area contributed by atoms with Crippen molar-refractivity contribution in [1.82, 2.24) is 15.5 Å². The van der Waals surface area contributed by atoms with Gasteiger partial charge in [0.25, 0.3) is 0 Å². The van der Waals surface area contributed by atoms with Crippen molar-refractivity contribution in [2.24, 2.45) is 4.99 Å². The van der Waals surface area contributed by atoms with Crippen LogP contribution in [0.1, 0.15) is 46.5 Å². The first-order valence-electron chi connectivity index (χ1n) is 9.41. The first-order chi connectivity index (χ1) is 11.5. The van der Waals surface area contributed by atoms with Crippen molar-refractivity contribution < 1.29 is 4.74 Å². The van der Waals surface area contributed by atoms with Crippen LogP contribution in [-0.2, 0) is 4.74 Å². The van der Waals surface area contributed by atoms with Gasteiger partial charge in [-0.25, -0.2) is 0 Å². The number of hydrogen-bond acceptors (Lipinski definition) is 4. The summed E-state index contributed by atoms with van der Waals surface area (Å²) in [5.74, 6) is 3.47. The zero-order valence-electron chi connectivity index (χ0n) is 16.0.